The van der Waals surface area contributed by atoms with Crippen molar-refractivity contribution in [3.05, 3.63) is 0 Å². The van der Waals surface area contributed by atoms with Gasteiger partial charge in [-0.25, -0.2) is 0 Å². The number of alkyl halides is 1. The molecule has 0 bridgehead atoms. The van der Waals surface area contributed by atoms with E-state index in [4.69, 9.17) is 11.6 Å². The third-order valence-electron chi connectivity index (χ3n) is 5.45. The normalized spacial score (nSPS) is 52.9. The summed E-state index contributed by atoms with van der Waals surface area (Å²) in [6.45, 7) is 0. The summed E-state index contributed by atoms with van der Waals surface area (Å²) in [5, 5.41) is 10.9. The molecule has 0 aromatic heterocycles. The first-order valence-electron chi connectivity index (χ1n) is 7.11. The number of halogens is 1. The van der Waals surface area contributed by atoms with Gasteiger partial charge in [0.25, 0.3) is 0 Å². The monoisotopic (exact) mass is 242 g/mol. The fourth-order valence-corrected chi connectivity index (χ4v) is 5.28. The predicted octanol–water partition coefficient (Wildman–Crippen LogP) is 3.58. The average Bonchev–Trinajstić information content (AvgIpc) is 2.36. The maximum atomic E-state index is 10.6. The van der Waals surface area contributed by atoms with E-state index in [0.29, 0.717) is 29.0 Å². The second-order valence-corrected chi connectivity index (χ2v) is 6.66. The van der Waals surface area contributed by atoms with E-state index in [2.05, 4.69) is 0 Å². The summed E-state index contributed by atoms with van der Waals surface area (Å²) in [6.07, 6.45) is 10.2. The first kappa shape index (κ1) is 11.3. The van der Waals surface area contributed by atoms with Crippen molar-refractivity contribution in [1.29, 1.82) is 0 Å². The minimum Gasteiger partial charge on any atom is -0.393 e. The van der Waals surface area contributed by atoms with Crippen LogP contribution in [0.4, 0.5) is 0 Å². The first-order valence-corrected chi connectivity index (χ1v) is 7.55. The summed E-state index contributed by atoms with van der Waals surface area (Å²) in [5.74, 6) is 2.28. The van der Waals surface area contributed by atoms with E-state index in [-0.39, 0.29) is 6.10 Å². The van der Waals surface area contributed by atoms with Crippen molar-refractivity contribution in [2.24, 2.45) is 23.7 Å². The van der Waals surface area contributed by atoms with Crippen LogP contribution in [0.15, 0.2) is 0 Å². The van der Waals surface area contributed by atoms with E-state index in [9.17, 15) is 5.11 Å². The van der Waals surface area contributed by atoms with Crippen molar-refractivity contribution in [3.63, 3.8) is 0 Å². The van der Waals surface area contributed by atoms with Gasteiger partial charge in [0.15, 0.2) is 0 Å². The molecule has 1 N–H and O–H groups in total. The van der Waals surface area contributed by atoms with Crippen LogP contribution in [0.25, 0.3) is 0 Å². The zero-order valence-corrected chi connectivity index (χ0v) is 10.7. The Morgan fingerprint density at radius 3 is 1.50 bits per heavy atom. The Bertz CT molecular complexity index is 205. The van der Waals surface area contributed by atoms with Gasteiger partial charge in [-0.2, -0.15) is 0 Å². The smallest absolute Gasteiger partial charge is 0.0602 e. The number of rotatable bonds is 0. The molecule has 0 aliphatic heterocycles. The van der Waals surface area contributed by atoms with Crippen LogP contribution in [0.1, 0.15) is 51.4 Å². The molecule has 0 aromatic rings. The van der Waals surface area contributed by atoms with Crippen LogP contribution in [-0.2, 0) is 0 Å². The molecule has 3 rings (SSSR count). The molecule has 3 saturated carbocycles. The summed E-state index contributed by atoms with van der Waals surface area (Å²) in [6, 6.07) is 0. The summed E-state index contributed by atoms with van der Waals surface area (Å²) in [4.78, 5) is 0. The Balaban J connectivity index is 1.83. The number of hydrogen-bond donors (Lipinski definition) is 1. The minimum atomic E-state index is -0.0365. The standard InChI is InChI=1S/C14H23ClO/c15-13-9-5-1-3-7-11(9)14(16)12-8-4-2-6-10(12)13/h9-14,16H,1-8H2. The highest BCUT2D eigenvalue weighted by Gasteiger charge is 2.49. The van der Waals surface area contributed by atoms with Crippen molar-refractivity contribution in [1.82, 2.24) is 0 Å². The molecule has 3 fully saturated rings. The van der Waals surface area contributed by atoms with Gasteiger partial charge < -0.3 is 5.11 Å². The molecule has 0 amide bonds. The largest absolute Gasteiger partial charge is 0.393 e. The van der Waals surface area contributed by atoms with E-state index in [0.717, 1.165) is 0 Å². The van der Waals surface area contributed by atoms with E-state index in [1.165, 1.54) is 51.4 Å². The molecule has 1 nitrogen and oxygen atoms in total. The Hall–Kier alpha value is 0.250. The van der Waals surface area contributed by atoms with Crippen LogP contribution in [0.3, 0.4) is 0 Å². The summed E-state index contributed by atoms with van der Waals surface area (Å²) in [7, 11) is 0. The van der Waals surface area contributed by atoms with Crippen molar-refractivity contribution >= 4 is 11.6 Å². The maximum absolute atomic E-state index is 10.6. The van der Waals surface area contributed by atoms with E-state index >= 15 is 0 Å². The Labute approximate surface area is 104 Å². The zero-order chi connectivity index (χ0) is 11.1. The second-order valence-electron chi connectivity index (χ2n) is 6.16. The molecule has 4 atom stereocenters. The molecule has 16 heavy (non-hydrogen) atoms. The second kappa shape index (κ2) is 4.49. The van der Waals surface area contributed by atoms with Gasteiger partial charge in [0.1, 0.15) is 0 Å². The molecule has 3 aliphatic rings. The highest BCUT2D eigenvalue weighted by molar-refractivity contribution is 6.21. The predicted molar refractivity (Wildman–Crippen MR) is 66.5 cm³/mol. The van der Waals surface area contributed by atoms with Crippen molar-refractivity contribution in [2.75, 3.05) is 0 Å². The van der Waals surface area contributed by atoms with Gasteiger partial charge in [-0.1, -0.05) is 25.7 Å². The van der Waals surface area contributed by atoms with Crippen molar-refractivity contribution in [2.45, 2.75) is 62.8 Å². The van der Waals surface area contributed by atoms with E-state index < -0.39 is 0 Å². The number of hydrogen-bond acceptors (Lipinski definition) is 1. The Kier molecular flexibility index (Phi) is 3.19. The van der Waals surface area contributed by atoms with Crippen LogP contribution in [0.5, 0.6) is 0 Å². The zero-order valence-electron chi connectivity index (χ0n) is 9.95. The summed E-state index contributed by atoms with van der Waals surface area (Å²) < 4.78 is 0. The van der Waals surface area contributed by atoms with Gasteiger partial charge in [-0.3, -0.25) is 0 Å². The van der Waals surface area contributed by atoms with Crippen molar-refractivity contribution < 1.29 is 5.11 Å². The lowest BCUT2D eigenvalue weighted by Gasteiger charge is -2.52. The fourth-order valence-electron chi connectivity index (χ4n) is 4.65. The van der Waals surface area contributed by atoms with Gasteiger partial charge in [-0.15, -0.1) is 11.6 Å². The average molecular weight is 243 g/mol. The molecule has 0 spiro atoms. The van der Waals surface area contributed by atoms with Gasteiger partial charge in [0, 0.05) is 5.38 Å². The Morgan fingerprint density at radius 2 is 1.06 bits per heavy atom. The van der Waals surface area contributed by atoms with Gasteiger partial charge in [0.2, 0.25) is 0 Å². The molecule has 2 heteroatoms. The quantitative estimate of drug-likeness (QED) is 0.644. The number of aliphatic hydroxyl groups excluding tert-OH is 1. The lowest BCUT2D eigenvalue weighted by atomic mass is 9.58. The lowest BCUT2D eigenvalue weighted by molar-refractivity contribution is -0.0725. The van der Waals surface area contributed by atoms with E-state index in [1.54, 1.807) is 0 Å². The first-order chi connectivity index (χ1) is 7.79. The van der Waals surface area contributed by atoms with Crippen LogP contribution in [0.2, 0.25) is 0 Å². The van der Waals surface area contributed by atoms with Gasteiger partial charge in [-0.05, 0) is 49.4 Å². The Morgan fingerprint density at radius 1 is 0.688 bits per heavy atom. The maximum Gasteiger partial charge on any atom is 0.0602 e. The molecule has 3 aliphatic carbocycles. The van der Waals surface area contributed by atoms with Crippen molar-refractivity contribution in [3.8, 4) is 0 Å². The third kappa shape index (κ3) is 1.71. The molecular formula is C14H23ClO. The summed E-state index contributed by atoms with van der Waals surface area (Å²) >= 11 is 6.72. The van der Waals surface area contributed by atoms with Crippen LogP contribution < -0.4 is 0 Å². The van der Waals surface area contributed by atoms with Crippen LogP contribution in [-0.4, -0.2) is 16.6 Å². The third-order valence-corrected chi connectivity index (χ3v) is 6.09. The number of fused-ring (bicyclic) bond motifs is 2. The SMILES string of the molecule is OC1C2CCCCC2C(Cl)C2CCCCC12. The molecule has 0 radical (unpaired) electrons. The number of aliphatic hydroxyl groups is 1. The molecule has 4 unspecified atom stereocenters. The fraction of sp³-hybridized carbons (Fsp3) is 1.00. The van der Waals surface area contributed by atoms with Crippen LogP contribution >= 0.6 is 11.6 Å². The topological polar surface area (TPSA) is 20.2 Å². The molecule has 0 heterocycles. The molecule has 92 valence electrons. The molecular weight excluding hydrogens is 220 g/mol. The summed E-state index contributed by atoms with van der Waals surface area (Å²) in [5.41, 5.74) is 0. The van der Waals surface area contributed by atoms with Crippen LogP contribution in [0, 0.1) is 23.7 Å². The molecule has 0 saturated heterocycles. The van der Waals surface area contributed by atoms with Gasteiger partial charge in [0.05, 0.1) is 6.10 Å². The van der Waals surface area contributed by atoms with Gasteiger partial charge >= 0.3 is 0 Å². The minimum absolute atomic E-state index is 0.0365. The lowest BCUT2D eigenvalue weighted by Crippen LogP contribution is -2.52. The highest BCUT2D eigenvalue weighted by atomic mass is 35.5. The van der Waals surface area contributed by atoms with E-state index in [1.807, 2.05) is 0 Å². The highest BCUT2D eigenvalue weighted by Crippen LogP contribution is 2.52. The molecule has 0 aromatic carbocycles.